The van der Waals surface area contributed by atoms with Gasteiger partial charge in [-0.25, -0.2) is 0 Å². The maximum atomic E-state index is 11.8. The van der Waals surface area contributed by atoms with Crippen LogP contribution in [0.2, 0.25) is 0 Å². The first kappa shape index (κ1) is 21.9. The van der Waals surface area contributed by atoms with E-state index in [1.807, 2.05) is 18.1 Å². The summed E-state index contributed by atoms with van der Waals surface area (Å²) in [6.45, 7) is 6.08. The fraction of sp³-hybridized carbons (Fsp3) is 0.667. The van der Waals surface area contributed by atoms with Crippen molar-refractivity contribution in [2.45, 2.75) is 44.7 Å². The predicted molar refractivity (Wildman–Crippen MR) is 125 cm³/mol. The lowest BCUT2D eigenvalue weighted by Gasteiger charge is -2.37. The van der Waals surface area contributed by atoms with Gasteiger partial charge in [-0.1, -0.05) is 25.3 Å². The number of benzene rings is 1. The van der Waals surface area contributed by atoms with Gasteiger partial charge in [0, 0.05) is 64.5 Å². The molecule has 7 heteroatoms. The molecule has 0 spiro atoms. The van der Waals surface area contributed by atoms with Crippen LogP contribution in [0.25, 0.3) is 0 Å². The van der Waals surface area contributed by atoms with Crippen molar-refractivity contribution in [2.24, 2.45) is 11.0 Å². The summed E-state index contributed by atoms with van der Waals surface area (Å²) in [5.41, 5.74) is 1.23. The minimum Gasteiger partial charge on any atom is -0.497 e. The topological polar surface area (TPSA) is 51.6 Å². The lowest BCUT2D eigenvalue weighted by atomic mass is 9.89. The Labute approximate surface area is 186 Å². The molecule has 2 heterocycles. The van der Waals surface area contributed by atoms with Crippen LogP contribution in [0.5, 0.6) is 5.75 Å². The number of amidine groups is 1. The van der Waals surface area contributed by atoms with E-state index in [9.17, 15) is 4.79 Å². The number of piperazine rings is 1. The van der Waals surface area contributed by atoms with Crippen molar-refractivity contribution in [1.82, 2.24) is 14.8 Å². The summed E-state index contributed by atoms with van der Waals surface area (Å²) >= 11 is 0. The number of hydrazone groups is 1. The van der Waals surface area contributed by atoms with E-state index in [2.05, 4.69) is 32.9 Å². The summed E-state index contributed by atoms with van der Waals surface area (Å²) in [4.78, 5) is 19.0. The van der Waals surface area contributed by atoms with Gasteiger partial charge in [0.2, 0.25) is 0 Å². The average molecular weight is 428 g/mol. The lowest BCUT2D eigenvalue weighted by Crippen LogP contribution is -2.48. The molecule has 0 bridgehead atoms. The zero-order valence-corrected chi connectivity index (χ0v) is 19.1. The summed E-state index contributed by atoms with van der Waals surface area (Å²) in [7, 11) is 3.64. The van der Waals surface area contributed by atoms with E-state index in [4.69, 9.17) is 9.84 Å². The fourth-order valence-corrected chi connectivity index (χ4v) is 5.16. The summed E-state index contributed by atoms with van der Waals surface area (Å²) in [6, 6.07) is 8.32. The molecule has 1 aromatic rings. The Hall–Kier alpha value is -2.28. The molecule has 3 aliphatic rings. The third-order valence-electron chi connectivity index (χ3n) is 7.05. The highest BCUT2D eigenvalue weighted by Gasteiger charge is 2.33. The second-order valence-electron chi connectivity index (χ2n) is 9.08. The molecule has 1 unspecified atom stereocenters. The first-order valence-electron chi connectivity index (χ1n) is 11.8. The Kier molecular flexibility index (Phi) is 7.33. The molecule has 0 amide bonds. The number of ether oxygens (including phenoxy) is 1. The third kappa shape index (κ3) is 5.32. The van der Waals surface area contributed by atoms with Gasteiger partial charge in [0.25, 0.3) is 0 Å². The summed E-state index contributed by atoms with van der Waals surface area (Å²) in [6.07, 6.45) is 8.29. The second kappa shape index (κ2) is 10.4. The van der Waals surface area contributed by atoms with E-state index in [1.165, 1.54) is 37.8 Å². The molecule has 1 saturated heterocycles. The van der Waals surface area contributed by atoms with Gasteiger partial charge in [-0.2, -0.15) is 5.10 Å². The van der Waals surface area contributed by atoms with Gasteiger partial charge in [0.15, 0.2) is 12.5 Å². The maximum absolute atomic E-state index is 11.8. The zero-order valence-electron chi connectivity index (χ0n) is 19.1. The van der Waals surface area contributed by atoms with Gasteiger partial charge >= 0.3 is 0 Å². The van der Waals surface area contributed by atoms with Crippen molar-refractivity contribution in [3.63, 3.8) is 0 Å². The molecule has 4 rings (SSSR count). The molecule has 7 nitrogen and oxygen atoms in total. The van der Waals surface area contributed by atoms with E-state index in [0.29, 0.717) is 5.92 Å². The number of aldehydes is 1. The normalized spacial score (nSPS) is 23.2. The van der Waals surface area contributed by atoms with Gasteiger partial charge in [-0.15, -0.1) is 0 Å². The largest absolute Gasteiger partial charge is 0.497 e. The summed E-state index contributed by atoms with van der Waals surface area (Å²) in [5.74, 6) is 2.69. The van der Waals surface area contributed by atoms with Crippen molar-refractivity contribution in [3.05, 3.63) is 24.3 Å². The monoisotopic (exact) mass is 427 g/mol. The van der Waals surface area contributed by atoms with Crippen molar-refractivity contribution >= 4 is 17.8 Å². The molecular weight excluding hydrogens is 390 g/mol. The Morgan fingerprint density at radius 2 is 1.90 bits per heavy atom. The number of methoxy groups -OCH3 is 1. The van der Waals surface area contributed by atoms with Crippen LogP contribution in [0.4, 0.5) is 5.69 Å². The highest BCUT2D eigenvalue weighted by molar-refractivity contribution is 5.86. The second-order valence-corrected chi connectivity index (χ2v) is 9.08. The first-order chi connectivity index (χ1) is 15.2. The molecule has 31 heavy (non-hydrogen) atoms. The van der Waals surface area contributed by atoms with Crippen LogP contribution in [-0.2, 0) is 4.79 Å². The molecule has 0 aromatic heterocycles. The van der Waals surface area contributed by atoms with Crippen LogP contribution >= 0.6 is 0 Å². The number of nitrogens with zero attached hydrogens (tertiary/aromatic N) is 5. The number of hydrogen-bond acceptors (Lipinski definition) is 7. The summed E-state index contributed by atoms with van der Waals surface area (Å²) < 4.78 is 5.37. The number of anilines is 1. The van der Waals surface area contributed by atoms with Gasteiger partial charge < -0.3 is 14.5 Å². The van der Waals surface area contributed by atoms with Crippen LogP contribution in [-0.4, -0.2) is 86.5 Å². The van der Waals surface area contributed by atoms with E-state index in [0.717, 1.165) is 63.6 Å². The minimum absolute atomic E-state index is 0.234. The smallest absolute Gasteiger partial charge is 0.175 e. The minimum atomic E-state index is -0.234. The van der Waals surface area contributed by atoms with Crippen molar-refractivity contribution in [1.29, 1.82) is 0 Å². The summed E-state index contributed by atoms with van der Waals surface area (Å²) in [5, 5.41) is 6.59. The quantitative estimate of drug-likeness (QED) is 0.595. The van der Waals surface area contributed by atoms with Crippen LogP contribution in [0.3, 0.4) is 0 Å². The van der Waals surface area contributed by atoms with Crippen LogP contribution in [0, 0.1) is 5.92 Å². The van der Waals surface area contributed by atoms with E-state index in [-0.39, 0.29) is 6.17 Å². The van der Waals surface area contributed by atoms with Crippen LogP contribution in [0.15, 0.2) is 29.4 Å². The number of carbonyl (C=O) groups excluding carboxylic acids is 1. The lowest BCUT2D eigenvalue weighted by molar-refractivity contribution is -0.115. The van der Waals surface area contributed by atoms with Gasteiger partial charge in [0.05, 0.1) is 7.11 Å². The molecule has 170 valence electrons. The van der Waals surface area contributed by atoms with Crippen molar-refractivity contribution in [2.75, 3.05) is 58.3 Å². The number of likely N-dealkylation sites (N-methyl/N-ethyl adjacent to an activating group) is 1. The standard InChI is InChI=1S/C24H37N5O2/c1-26-24(19-30)29(18-20-7-4-3-5-8-20)23(25-26)11-12-27-13-15-28(16-14-27)21-9-6-10-22(17-21)31-2/h6,9-10,17,19-20,24H,3-5,7-8,11-16,18H2,1-2H3. The molecule has 0 radical (unpaired) electrons. The molecule has 1 saturated carbocycles. The van der Waals surface area contributed by atoms with Crippen molar-refractivity contribution in [3.8, 4) is 5.75 Å². The number of carbonyl (C=O) groups is 1. The molecule has 2 aliphatic heterocycles. The Balaban J connectivity index is 1.29. The molecule has 0 N–H and O–H groups in total. The van der Waals surface area contributed by atoms with Crippen molar-refractivity contribution < 1.29 is 9.53 Å². The highest BCUT2D eigenvalue weighted by Crippen LogP contribution is 2.27. The Morgan fingerprint density at radius 3 is 2.61 bits per heavy atom. The Morgan fingerprint density at radius 1 is 1.13 bits per heavy atom. The molecule has 1 atom stereocenters. The number of rotatable bonds is 8. The van der Waals surface area contributed by atoms with Crippen LogP contribution in [0.1, 0.15) is 38.5 Å². The SMILES string of the molecule is COc1cccc(N2CCN(CCC3=NN(C)C(C=O)N3CC3CCCCC3)CC2)c1. The maximum Gasteiger partial charge on any atom is 0.175 e. The van der Waals surface area contributed by atoms with Crippen LogP contribution < -0.4 is 9.64 Å². The molecule has 2 fully saturated rings. The first-order valence-corrected chi connectivity index (χ1v) is 11.8. The molecule has 1 aromatic carbocycles. The third-order valence-corrected chi connectivity index (χ3v) is 7.05. The number of hydrogen-bond donors (Lipinski definition) is 0. The molecular formula is C24H37N5O2. The fourth-order valence-electron chi connectivity index (χ4n) is 5.16. The zero-order chi connectivity index (χ0) is 21.6. The molecule has 1 aliphatic carbocycles. The van der Waals surface area contributed by atoms with Gasteiger partial charge in [-0.3, -0.25) is 14.7 Å². The predicted octanol–water partition coefficient (Wildman–Crippen LogP) is 2.87. The van der Waals surface area contributed by atoms with Gasteiger partial charge in [-0.05, 0) is 30.9 Å². The Bertz CT molecular complexity index is 756. The van der Waals surface area contributed by atoms with E-state index in [1.54, 1.807) is 7.11 Å². The van der Waals surface area contributed by atoms with Gasteiger partial charge in [0.1, 0.15) is 11.6 Å². The highest BCUT2D eigenvalue weighted by atomic mass is 16.5. The van der Waals surface area contributed by atoms with E-state index < -0.39 is 0 Å². The average Bonchev–Trinajstić information content (AvgIpc) is 3.12. The van der Waals surface area contributed by atoms with E-state index >= 15 is 0 Å².